The molecule has 3 saturated carbocycles. The van der Waals surface area contributed by atoms with E-state index in [4.69, 9.17) is 10.00 Å². The molecule has 31 heavy (non-hydrogen) atoms. The largest absolute Gasteiger partial charge is 0.426 e. The molecule has 0 N–H and O–H groups in total. The van der Waals surface area contributed by atoms with Crippen molar-refractivity contribution in [1.82, 2.24) is 0 Å². The van der Waals surface area contributed by atoms with Crippen molar-refractivity contribution in [3.05, 3.63) is 42.0 Å². The topological polar surface area (TPSA) is 50.1 Å². The molecule has 0 heterocycles. The van der Waals surface area contributed by atoms with Gasteiger partial charge in [-0.25, -0.2) is 8.78 Å². The summed E-state index contributed by atoms with van der Waals surface area (Å²) in [6.45, 7) is 3.95. The molecule has 3 aliphatic rings. The number of nitrogens with zero attached hydrogens (tertiary/aromatic N) is 1. The van der Waals surface area contributed by atoms with Crippen molar-refractivity contribution < 1.29 is 18.3 Å². The Bertz CT molecular complexity index is 846. The van der Waals surface area contributed by atoms with Crippen LogP contribution in [0.1, 0.15) is 69.8 Å². The van der Waals surface area contributed by atoms with Gasteiger partial charge in [0, 0.05) is 12.1 Å². The second-order valence-corrected chi connectivity index (χ2v) is 9.74. The fourth-order valence-corrected chi connectivity index (χ4v) is 6.48. The molecule has 4 atom stereocenters. The summed E-state index contributed by atoms with van der Waals surface area (Å²) in [5, 5.41) is 8.80. The number of ether oxygens (including phenoxy) is 1. The highest BCUT2D eigenvalue weighted by atomic mass is 19.1. The SMILES string of the molecule is C=CC1CCC(C2CCC3C(CCCC3C(=O)Oc3cc(F)c(C#N)c(F)c3)C2)CC1. The first-order valence-electron chi connectivity index (χ1n) is 11.7. The van der Waals surface area contributed by atoms with E-state index < -0.39 is 17.2 Å². The second-order valence-electron chi connectivity index (χ2n) is 9.74. The van der Waals surface area contributed by atoms with Gasteiger partial charge in [-0.1, -0.05) is 18.9 Å². The van der Waals surface area contributed by atoms with Gasteiger partial charge in [-0.2, -0.15) is 5.26 Å². The van der Waals surface area contributed by atoms with Crippen LogP contribution in [0.25, 0.3) is 0 Å². The van der Waals surface area contributed by atoms with E-state index in [1.807, 2.05) is 0 Å². The normalized spacial score (nSPS) is 33.1. The highest BCUT2D eigenvalue weighted by Gasteiger charge is 2.43. The number of fused-ring (bicyclic) bond motifs is 1. The lowest BCUT2D eigenvalue weighted by Crippen LogP contribution is -2.40. The van der Waals surface area contributed by atoms with Crippen LogP contribution in [-0.4, -0.2) is 5.97 Å². The Morgan fingerprint density at radius 3 is 2.32 bits per heavy atom. The van der Waals surface area contributed by atoms with Gasteiger partial charge in [0.05, 0.1) is 5.92 Å². The van der Waals surface area contributed by atoms with Gasteiger partial charge in [0.15, 0.2) is 0 Å². The van der Waals surface area contributed by atoms with E-state index in [1.54, 1.807) is 0 Å². The van der Waals surface area contributed by atoms with Crippen molar-refractivity contribution >= 4 is 5.97 Å². The lowest BCUT2D eigenvalue weighted by Gasteiger charge is -2.45. The molecule has 0 aromatic heterocycles. The van der Waals surface area contributed by atoms with Crippen LogP contribution in [0.3, 0.4) is 0 Å². The molecule has 1 aromatic rings. The first-order chi connectivity index (χ1) is 15.0. The van der Waals surface area contributed by atoms with Crippen molar-refractivity contribution in [2.24, 2.45) is 35.5 Å². The fraction of sp³-hybridized carbons (Fsp3) is 0.615. The predicted octanol–water partition coefficient (Wildman–Crippen LogP) is 6.57. The van der Waals surface area contributed by atoms with E-state index in [2.05, 4.69) is 12.7 Å². The van der Waals surface area contributed by atoms with Crippen LogP contribution in [0.2, 0.25) is 0 Å². The molecule has 0 bridgehead atoms. The van der Waals surface area contributed by atoms with Crippen molar-refractivity contribution in [3.8, 4) is 11.8 Å². The monoisotopic (exact) mass is 427 g/mol. The molecule has 1 aromatic carbocycles. The maximum Gasteiger partial charge on any atom is 0.314 e. The molecule has 4 rings (SSSR count). The van der Waals surface area contributed by atoms with Gasteiger partial charge >= 0.3 is 5.97 Å². The Labute approximate surface area is 183 Å². The first kappa shape index (κ1) is 22.0. The van der Waals surface area contributed by atoms with Gasteiger partial charge in [-0.15, -0.1) is 6.58 Å². The number of carbonyl (C=O) groups excluding carboxylic acids is 1. The van der Waals surface area contributed by atoms with E-state index in [0.717, 1.165) is 56.1 Å². The van der Waals surface area contributed by atoms with Gasteiger partial charge in [-0.05, 0) is 81.0 Å². The maximum absolute atomic E-state index is 13.9. The minimum Gasteiger partial charge on any atom is -0.426 e. The molecule has 3 nitrogen and oxygen atoms in total. The minimum atomic E-state index is -1.00. The molecule has 0 radical (unpaired) electrons. The molecule has 0 aliphatic heterocycles. The number of allylic oxidation sites excluding steroid dienone is 1. The summed E-state index contributed by atoms with van der Waals surface area (Å²) in [6.07, 6.45) is 13.5. The average Bonchev–Trinajstić information content (AvgIpc) is 2.78. The van der Waals surface area contributed by atoms with Crippen molar-refractivity contribution in [3.63, 3.8) is 0 Å². The van der Waals surface area contributed by atoms with Crippen LogP contribution in [0, 0.1) is 58.5 Å². The van der Waals surface area contributed by atoms with Gasteiger partial charge in [0.2, 0.25) is 0 Å². The molecule has 3 aliphatic carbocycles. The van der Waals surface area contributed by atoms with E-state index in [-0.39, 0.29) is 17.6 Å². The molecule has 3 fully saturated rings. The molecule has 166 valence electrons. The Balaban J connectivity index is 1.38. The molecule has 0 saturated heterocycles. The van der Waals surface area contributed by atoms with E-state index in [1.165, 1.54) is 38.2 Å². The number of esters is 1. The highest BCUT2D eigenvalue weighted by Crippen LogP contribution is 2.50. The molecule has 0 spiro atoms. The van der Waals surface area contributed by atoms with Crippen molar-refractivity contribution in [2.75, 3.05) is 0 Å². The summed E-state index contributed by atoms with van der Waals surface area (Å²) >= 11 is 0. The number of nitriles is 1. The fourth-order valence-electron chi connectivity index (χ4n) is 6.48. The number of hydrogen-bond acceptors (Lipinski definition) is 3. The lowest BCUT2D eigenvalue weighted by molar-refractivity contribution is -0.144. The average molecular weight is 428 g/mol. The maximum atomic E-state index is 13.9. The summed E-state index contributed by atoms with van der Waals surface area (Å²) in [7, 11) is 0. The summed E-state index contributed by atoms with van der Waals surface area (Å²) < 4.78 is 33.2. The van der Waals surface area contributed by atoms with Gasteiger partial charge in [-0.3, -0.25) is 4.79 Å². The van der Waals surface area contributed by atoms with Crippen molar-refractivity contribution in [2.45, 2.75) is 64.2 Å². The van der Waals surface area contributed by atoms with Gasteiger partial charge in [0.1, 0.15) is 29.0 Å². The van der Waals surface area contributed by atoms with Gasteiger partial charge < -0.3 is 4.74 Å². The van der Waals surface area contributed by atoms with Crippen LogP contribution in [-0.2, 0) is 4.79 Å². The number of rotatable bonds is 4. The van der Waals surface area contributed by atoms with E-state index >= 15 is 0 Å². The lowest BCUT2D eigenvalue weighted by atomic mass is 9.59. The van der Waals surface area contributed by atoms with Crippen molar-refractivity contribution in [1.29, 1.82) is 5.26 Å². The van der Waals surface area contributed by atoms with Crippen LogP contribution >= 0.6 is 0 Å². The number of benzene rings is 1. The Morgan fingerprint density at radius 1 is 1.00 bits per heavy atom. The summed E-state index contributed by atoms with van der Waals surface area (Å²) in [6, 6.07) is 3.34. The number of halogens is 2. The van der Waals surface area contributed by atoms with Crippen LogP contribution in [0.5, 0.6) is 5.75 Å². The zero-order valence-corrected chi connectivity index (χ0v) is 18.0. The molecule has 5 heteroatoms. The molecule has 0 amide bonds. The summed E-state index contributed by atoms with van der Waals surface area (Å²) in [5.74, 6) is 0.314. The third-order valence-electron chi connectivity index (χ3n) is 8.15. The van der Waals surface area contributed by atoms with Gasteiger partial charge in [0.25, 0.3) is 0 Å². The number of hydrogen-bond donors (Lipinski definition) is 0. The molecule has 4 unspecified atom stereocenters. The Kier molecular flexibility index (Phi) is 6.74. The first-order valence-corrected chi connectivity index (χ1v) is 11.7. The summed E-state index contributed by atoms with van der Waals surface area (Å²) in [5.41, 5.74) is -0.655. The molecular weight excluding hydrogens is 396 g/mol. The molecular formula is C26H31F2NO2. The number of carbonyl (C=O) groups is 1. The van der Waals surface area contributed by atoms with Crippen LogP contribution in [0.15, 0.2) is 24.8 Å². The Morgan fingerprint density at radius 2 is 1.68 bits per heavy atom. The highest BCUT2D eigenvalue weighted by molar-refractivity contribution is 5.75. The zero-order chi connectivity index (χ0) is 22.0. The smallest absolute Gasteiger partial charge is 0.314 e. The van der Waals surface area contributed by atoms with E-state index in [0.29, 0.717) is 17.8 Å². The third-order valence-corrected chi connectivity index (χ3v) is 8.15. The van der Waals surface area contributed by atoms with Crippen LogP contribution < -0.4 is 4.74 Å². The summed E-state index contributed by atoms with van der Waals surface area (Å²) in [4.78, 5) is 12.9. The quantitative estimate of drug-likeness (QED) is 0.310. The standard InChI is InChI=1S/C26H31F2NO2/c1-2-16-6-8-17(9-7-16)18-10-11-21-19(12-18)4-3-5-22(21)26(30)31-20-13-24(27)23(15-29)25(28)14-20/h2,13-14,16-19,21-22H,1,3-12H2. The van der Waals surface area contributed by atoms with E-state index in [9.17, 15) is 13.6 Å². The Hall–Kier alpha value is -2.22. The van der Waals surface area contributed by atoms with Crippen LogP contribution in [0.4, 0.5) is 8.78 Å². The predicted molar refractivity (Wildman–Crippen MR) is 114 cm³/mol. The zero-order valence-electron chi connectivity index (χ0n) is 18.0. The second kappa shape index (κ2) is 9.51. The minimum absolute atomic E-state index is 0.159. The third kappa shape index (κ3) is 4.68.